The average Bonchev–Trinajstić information content (AvgIpc) is 2.34. The van der Waals surface area contributed by atoms with Crippen molar-refractivity contribution in [1.82, 2.24) is 0 Å². The van der Waals surface area contributed by atoms with Gasteiger partial charge in [-0.3, -0.25) is 0 Å². The van der Waals surface area contributed by atoms with Crippen LogP contribution in [0.3, 0.4) is 0 Å². The van der Waals surface area contributed by atoms with Crippen LogP contribution in [-0.4, -0.2) is 5.16 Å². The van der Waals surface area contributed by atoms with E-state index in [0.717, 1.165) is 0 Å². The maximum atomic E-state index is 6.30. The Bertz CT molecular complexity index is 212. The molecule has 1 unspecified atom stereocenters. The third kappa shape index (κ3) is 2.43. The molecule has 1 aromatic heterocycles. The number of hydrogen-bond acceptors (Lipinski definition) is 1. The molecule has 0 radical (unpaired) electrons. The molecular formula is C8H12ClPS. The van der Waals surface area contributed by atoms with Crippen molar-refractivity contribution in [3.05, 3.63) is 17.5 Å². The monoisotopic (exact) mass is 206 g/mol. The van der Waals surface area contributed by atoms with E-state index in [9.17, 15) is 0 Å². The van der Waals surface area contributed by atoms with E-state index in [1.807, 2.05) is 0 Å². The van der Waals surface area contributed by atoms with Crippen molar-refractivity contribution in [3.63, 3.8) is 0 Å². The Labute approximate surface area is 78.1 Å². The Kier molecular flexibility index (Phi) is 2.96. The third-order valence-corrected chi connectivity index (χ3v) is 6.91. The van der Waals surface area contributed by atoms with Crippen molar-refractivity contribution >= 4 is 34.5 Å². The summed E-state index contributed by atoms with van der Waals surface area (Å²) >= 11 is 8.05. The van der Waals surface area contributed by atoms with Crippen LogP contribution < -0.4 is 4.62 Å². The lowest BCUT2D eigenvalue weighted by Crippen LogP contribution is -2.13. The second-order valence-electron chi connectivity index (χ2n) is 3.40. The summed E-state index contributed by atoms with van der Waals surface area (Å²) in [6.45, 7) is 6.56. The first-order chi connectivity index (χ1) is 5.02. The molecule has 1 aromatic rings. The maximum absolute atomic E-state index is 6.30. The summed E-state index contributed by atoms with van der Waals surface area (Å²) in [5, 5.41) is 2.31. The van der Waals surface area contributed by atoms with Crippen LogP contribution in [0.4, 0.5) is 0 Å². The molecule has 0 aliphatic heterocycles. The lowest BCUT2D eigenvalue weighted by Gasteiger charge is -2.23. The first-order valence-electron chi connectivity index (χ1n) is 3.51. The molecule has 0 fully saturated rings. The Morgan fingerprint density at radius 3 is 2.45 bits per heavy atom. The molecule has 11 heavy (non-hydrogen) atoms. The lowest BCUT2D eigenvalue weighted by molar-refractivity contribution is 0.796. The lowest BCUT2D eigenvalue weighted by atomic mass is 10.3. The van der Waals surface area contributed by atoms with Crippen molar-refractivity contribution in [2.24, 2.45) is 0 Å². The van der Waals surface area contributed by atoms with Gasteiger partial charge in [0.05, 0.1) is 0 Å². The van der Waals surface area contributed by atoms with Gasteiger partial charge in [-0.05, 0) is 11.4 Å². The van der Waals surface area contributed by atoms with Crippen molar-refractivity contribution in [2.75, 3.05) is 0 Å². The molecule has 0 nitrogen and oxygen atoms in total. The molecule has 3 heteroatoms. The minimum Gasteiger partial charge on any atom is -0.143 e. The molecular weight excluding hydrogens is 195 g/mol. The second-order valence-corrected chi connectivity index (χ2v) is 8.05. The quantitative estimate of drug-likeness (QED) is 0.613. The van der Waals surface area contributed by atoms with E-state index in [2.05, 4.69) is 38.3 Å². The fourth-order valence-corrected chi connectivity index (χ4v) is 3.95. The van der Waals surface area contributed by atoms with E-state index in [-0.39, 0.29) is 5.16 Å². The van der Waals surface area contributed by atoms with Crippen molar-refractivity contribution in [2.45, 2.75) is 25.9 Å². The Morgan fingerprint density at radius 1 is 1.45 bits per heavy atom. The van der Waals surface area contributed by atoms with Crippen molar-refractivity contribution in [1.29, 1.82) is 0 Å². The summed E-state index contributed by atoms with van der Waals surface area (Å²) < 4.78 is 1.33. The molecule has 1 rings (SSSR count). The molecule has 0 bridgehead atoms. The molecule has 0 aliphatic carbocycles. The van der Waals surface area contributed by atoms with Gasteiger partial charge in [-0.25, -0.2) is 0 Å². The van der Waals surface area contributed by atoms with Gasteiger partial charge < -0.3 is 0 Å². The number of halogens is 1. The minimum absolute atomic E-state index is 0.224. The standard InChI is InChI=1S/C8H12ClPS/c1-8(2,3)10(9)7-5-4-6-11-7/h4-6H,1-3H3. The molecule has 0 saturated heterocycles. The molecule has 62 valence electrons. The Balaban J connectivity index is 2.78. The van der Waals surface area contributed by atoms with Crippen LogP contribution in [0.2, 0.25) is 0 Å². The second kappa shape index (κ2) is 3.43. The molecule has 0 aliphatic rings. The van der Waals surface area contributed by atoms with Crippen LogP contribution in [0.15, 0.2) is 17.5 Å². The number of hydrogen-bond donors (Lipinski definition) is 0. The highest BCUT2D eigenvalue weighted by molar-refractivity contribution is 7.94. The zero-order valence-corrected chi connectivity index (χ0v) is 9.43. The third-order valence-electron chi connectivity index (χ3n) is 1.29. The number of rotatable bonds is 1. The van der Waals surface area contributed by atoms with Gasteiger partial charge in [0.2, 0.25) is 0 Å². The summed E-state index contributed by atoms with van der Waals surface area (Å²) in [5.41, 5.74) is 0. The molecule has 0 amide bonds. The predicted octanol–water partition coefficient (Wildman–Crippen LogP) is 3.81. The predicted molar refractivity (Wildman–Crippen MR) is 56.5 cm³/mol. The van der Waals surface area contributed by atoms with E-state index >= 15 is 0 Å². The fraction of sp³-hybridized carbons (Fsp3) is 0.500. The molecule has 0 N–H and O–H groups in total. The van der Waals surface area contributed by atoms with E-state index < -0.39 is 7.27 Å². The summed E-state index contributed by atoms with van der Waals surface area (Å²) in [7, 11) is -0.489. The van der Waals surface area contributed by atoms with Gasteiger partial charge >= 0.3 is 0 Å². The van der Waals surface area contributed by atoms with Gasteiger partial charge in [0.25, 0.3) is 0 Å². The van der Waals surface area contributed by atoms with E-state index in [4.69, 9.17) is 11.2 Å². The van der Waals surface area contributed by atoms with E-state index in [1.54, 1.807) is 11.3 Å². The van der Waals surface area contributed by atoms with Gasteiger partial charge in [0.15, 0.2) is 0 Å². The Morgan fingerprint density at radius 2 is 2.09 bits per heavy atom. The highest BCUT2D eigenvalue weighted by Crippen LogP contribution is 2.53. The van der Waals surface area contributed by atoms with Crippen LogP contribution in [0.25, 0.3) is 0 Å². The van der Waals surface area contributed by atoms with Crippen LogP contribution in [-0.2, 0) is 0 Å². The first kappa shape index (κ1) is 9.51. The molecule has 0 aromatic carbocycles. The SMILES string of the molecule is CC(C)(C)P(Cl)c1cccs1. The normalized spacial score (nSPS) is 14.9. The maximum Gasteiger partial charge on any atom is 0.0439 e. The average molecular weight is 207 g/mol. The van der Waals surface area contributed by atoms with Gasteiger partial charge in [-0.15, -0.1) is 11.3 Å². The summed E-state index contributed by atoms with van der Waals surface area (Å²) in [6, 6.07) is 4.18. The van der Waals surface area contributed by atoms with Crippen LogP contribution in [0.1, 0.15) is 20.8 Å². The number of thiophene rings is 1. The highest BCUT2D eigenvalue weighted by atomic mass is 35.7. The van der Waals surface area contributed by atoms with Crippen molar-refractivity contribution in [3.8, 4) is 0 Å². The largest absolute Gasteiger partial charge is 0.143 e. The zero-order valence-electron chi connectivity index (χ0n) is 6.97. The molecule has 1 heterocycles. The smallest absolute Gasteiger partial charge is 0.0439 e. The molecule has 0 saturated carbocycles. The Hall–Kier alpha value is 0.420. The molecule has 0 spiro atoms. The van der Waals surface area contributed by atoms with Crippen molar-refractivity contribution < 1.29 is 0 Å². The van der Waals surface area contributed by atoms with Gasteiger partial charge in [0, 0.05) is 17.0 Å². The van der Waals surface area contributed by atoms with Gasteiger partial charge in [0.1, 0.15) is 0 Å². The zero-order chi connectivity index (χ0) is 8.48. The van der Waals surface area contributed by atoms with Crippen LogP contribution >= 0.6 is 29.9 Å². The highest BCUT2D eigenvalue weighted by Gasteiger charge is 2.24. The minimum atomic E-state index is -0.489. The summed E-state index contributed by atoms with van der Waals surface area (Å²) in [6.07, 6.45) is 0. The summed E-state index contributed by atoms with van der Waals surface area (Å²) in [5.74, 6) is 0. The van der Waals surface area contributed by atoms with Crippen LogP contribution in [0.5, 0.6) is 0 Å². The van der Waals surface area contributed by atoms with E-state index in [0.29, 0.717) is 0 Å². The summed E-state index contributed by atoms with van der Waals surface area (Å²) in [4.78, 5) is 0. The first-order valence-corrected chi connectivity index (χ1v) is 6.64. The molecule has 1 atom stereocenters. The van der Waals surface area contributed by atoms with Gasteiger partial charge in [-0.2, -0.15) is 0 Å². The van der Waals surface area contributed by atoms with Gasteiger partial charge in [-0.1, -0.05) is 38.1 Å². The van der Waals surface area contributed by atoms with Crippen LogP contribution in [0, 0.1) is 0 Å². The van der Waals surface area contributed by atoms with E-state index in [1.165, 1.54) is 4.62 Å². The fourth-order valence-electron chi connectivity index (χ4n) is 0.712. The topological polar surface area (TPSA) is 0 Å².